The lowest BCUT2D eigenvalue weighted by Gasteiger charge is -2.11. The van der Waals surface area contributed by atoms with Crippen molar-refractivity contribution < 1.29 is 9.59 Å². The van der Waals surface area contributed by atoms with Crippen LogP contribution in [0.4, 0.5) is 0 Å². The van der Waals surface area contributed by atoms with Crippen molar-refractivity contribution in [1.82, 2.24) is 16.0 Å². The summed E-state index contributed by atoms with van der Waals surface area (Å²) >= 11 is 0. The molecule has 1 saturated heterocycles. The summed E-state index contributed by atoms with van der Waals surface area (Å²) in [5, 5.41) is 9.05. The fourth-order valence-electron chi connectivity index (χ4n) is 2.06. The van der Waals surface area contributed by atoms with Crippen LogP contribution in [0.25, 0.3) is 0 Å². The quantitative estimate of drug-likeness (QED) is 0.622. The minimum absolute atomic E-state index is 0.0234. The molecule has 5 heteroatoms. The average molecular weight is 255 g/mol. The molecule has 1 heterocycles. The number of rotatable bonds is 7. The maximum absolute atomic E-state index is 11.5. The number of nitrogens with one attached hydrogen (secondary N) is 3. The van der Waals surface area contributed by atoms with E-state index in [1.165, 1.54) is 6.42 Å². The third-order valence-corrected chi connectivity index (χ3v) is 2.97. The van der Waals surface area contributed by atoms with Gasteiger partial charge in [0.05, 0.1) is 0 Å². The topological polar surface area (TPSA) is 70.2 Å². The van der Waals surface area contributed by atoms with Crippen LogP contribution in [0.2, 0.25) is 0 Å². The van der Waals surface area contributed by atoms with Crippen LogP contribution in [-0.2, 0) is 9.59 Å². The summed E-state index contributed by atoms with van der Waals surface area (Å²) in [5.41, 5.74) is 0. The highest BCUT2D eigenvalue weighted by Gasteiger charge is 2.14. The highest BCUT2D eigenvalue weighted by atomic mass is 16.2. The number of carbonyl (C=O) groups excluding carboxylic acids is 2. The third kappa shape index (κ3) is 6.59. The lowest BCUT2D eigenvalue weighted by Crippen LogP contribution is -2.37. The van der Waals surface area contributed by atoms with E-state index < -0.39 is 0 Å². The van der Waals surface area contributed by atoms with Gasteiger partial charge in [0.25, 0.3) is 0 Å². The van der Waals surface area contributed by atoms with Gasteiger partial charge < -0.3 is 16.0 Å². The standard InChI is InChI=1S/C13H25N3O2/c1-10(2)16-13(18)7-3-6-12(17)15-9-11-5-4-8-14-11/h10-11,14H,3-9H2,1-2H3,(H,15,17)(H,16,18). The Bertz CT molecular complexity index is 273. The Morgan fingerprint density at radius 3 is 2.61 bits per heavy atom. The second kappa shape index (κ2) is 8.08. The van der Waals surface area contributed by atoms with Crippen LogP contribution in [0, 0.1) is 0 Å². The van der Waals surface area contributed by atoms with Crippen molar-refractivity contribution in [3.63, 3.8) is 0 Å². The molecule has 2 amide bonds. The van der Waals surface area contributed by atoms with Crippen molar-refractivity contribution in [1.29, 1.82) is 0 Å². The smallest absolute Gasteiger partial charge is 0.220 e. The summed E-state index contributed by atoms with van der Waals surface area (Å²) in [7, 11) is 0. The molecule has 0 bridgehead atoms. The second-order valence-electron chi connectivity index (χ2n) is 5.17. The predicted octanol–water partition coefficient (Wildman–Crippen LogP) is 0.550. The van der Waals surface area contributed by atoms with Crippen LogP contribution in [0.5, 0.6) is 0 Å². The maximum Gasteiger partial charge on any atom is 0.220 e. The molecule has 1 unspecified atom stereocenters. The van der Waals surface area contributed by atoms with Gasteiger partial charge in [0.1, 0.15) is 0 Å². The average Bonchev–Trinajstić information content (AvgIpc) is 2.78. The van der Waals surface area contributed by atoms with Crippen molar-refractivity contribution >= 4 is 11.8 Å². The van der Waals surface area contributed by atoms with E-state index in [0.29, 0.717) is 31.8 Å². The third-order valence-electron chi connectivity index (χ3n) is 2.97. The SMILES string of the molecule is CC(C)NC(=O)CCCC(=O)NCC1CCCN1. The molecular formula is C13H25N3O2. The van der Waals surface area contributed by atoms with Crippen LogP contribution >= 0.6 is 0 Å². The zero-order chi connectivity index (χ0) is 13.4. The van der Waals surface area contributed by atoms with Gasteiger partial charge in [-0.1, -0.05) is 0 Å². The number of carbonyl (C=O) groups is 2. The van der Waals surface area contributed by atoms with Crippen molar-refractivity contribution in [3.8, 4) is 0 Å². The van der Waals surface area contributed by atoms with Gasteiger partial charge in [0.15, 0.2) is 0 Å². The van der Waals surface area contributed by atoms with Gasteiger partial charge in [-0.05, 0) is 39.7 Å². The molecule has 5 nitrogen and oxygen atoms in total. The Kier molecular flexibility index (Phi) is 6.72. The second-order valence-corrected chi connectivity index (χ2v) is 5.17. The number of amides is 2. The van der Waals surface area contributed by atoms with Crippen LogP contribution in [-0.4, -0.2) is 37.0 Å². The van der Waals surface area contributed by atoms with Gasteiger partial charge >= 0.3 is 0 Å². The molecule has 0 aliphatic carbocycles. The van der Waals surface area contributed by atoms with Crippen molar-refractivity contribution in [2.45, 2.75) is 58.0 Å². The first-order chi connectivity index (χ1) is 8.58. The van der Waals surface area contributed by atoms with Gasteiger partial charge in [0.2, 0.25) is 11.8 Å². The molecule has 1 aliphatic heterocycles. The fraction of sp³-hybridized carbons (Fsp3) is 0.846. The van der Waals surface area contributed by atoms with E-state index in [9.17, 15) is 9.59 Å². The Labute approximate surface area is 109 Å². The molecular weight excluding hydrogens is 230 g/mol. The van der Waals surface area contributed by atoms with Crippen LogP contribution < -0.4 is 16.0 Å². The minimum atomic E-state index is 0.0234. The molecule has 0 saturated carbocycles. The lowest BCUT2D eigenvalue weighted by atomic mass is 10.2. The predicted molar refractivity (Wildman–Crippen MR) is 71.2 cm³/mol. The number of hydrogen-bond acceptors (Lipinski definition) is 3. The van der Waals surface area contributed by atoms with E-state index in [2.05, 4.69) is 16.0 Å². The molecule has 0 aromatic rings. The molecule has 18 heavy (non-hydrogen) atoms. The molecule has 104 valence electrons. The van der Waals surface area contributed by atoms with E-state index in [-0.39, 0.29) is 17.9 Å². The van der Waals surface area contributed by atoms with Gasteiger partial charge in [-0.15, -0.1) is 0 Å². The van der Waals surface area contributed by atoms with Crippen LogP contribution in [0.1, 0.15) is 46.0 Å². The Balaban J connectivity index is 2.00. The van der Waals surface area contributed by atoms with E-state index in [4.69, 9.17) is 0 Å². The molecule has 1 atom stereocenters. The lowest BCUT2D eigenvalue weighted by molar-refractivity contribution is -0.122. The van der Waals surface area contributed by atoms with Gasteiger partial charge in [-0.2, -0.15) is 0 Å². The zero-order valence-corrected chi connectivity index (χ0v) is 11.4. The highest BCUT2D eigenvalue weighted by Crippen LogP contribution is 2.03. The highest BCUT2D eigenvalue weighted by molar-refractivity contribution is 5.78. The molecule has 0 aromatic carbocycles. The van der Waals surface area contributed by atoms with Crippen LogP contribution in [0.3, 0.4) is 0 Å². The van der Waals surface area contributed by atoms with Crippen molar-refractivity contribution in [2.24, 2.45) is 0 Å². The Morgan fingerprint density at radius 1 is 1.28 bits per heavy atom. The summed E-state index contributed by atoms with van der Waals surface area (Å²) in [6.07, 6.45) is 3.79. The first-order valence-electron chi connectivity index (χ1n) is 6.87. The van der Waals surface area contributed by atoms with Gasteiger partial charge in [0, 0.05) is 31.5 Å². The Morgan fingerprint density at radius 2 is 2.00 bits per heavy atom. The monoisotopic (exact) mass is 255 g/mol. The number of hydrogen-bond donors (Lipinski definition) is 3. The van der Waals surface area contributed by atoms with Gasteiger partial charge in [-0.25, -0.2) is 0 Å². The molecule has 0 aromatic heterocycles. The summed E-state index contributed by atoms with van der Waals surface area (Å²) in [6, 6.07) is 0.595. The molecule has 1 aliphatic rings. The maximum atomic E-state index is 11.5. The zero-order valence-electron chi connectivity index (χ0n) is 11.4. The van der Waals surface area contributed by atoms with E-state index in [1.807, 2.05) is 13.8 Å². The first kappa shape index (κ1) is 15.0. The first-order valence-corrected chi connectivity index (χ1v) is 6.87. The molecule has 3 N–H and O–H groups in total. The van der Waals surface area contributed by atoms with E-state index >= 15 is 0 Å². The Hall–Kier alpha value is -1.10. The fourth-order valence-corrected chi connectivity index (χ4v) is 2.06. The summed E-state index contributed by atoms with van der Waals surface area (Å²) < 4.78 is 0. The van der Waals surface area contributed by atoms with Gasteiger partial charge in [-0.3, -0.25) is 9.59 Å². The normalized spacial score (nSPS) is 18.9. The molecule has 0 radical (unpaired) electrons. The summed E-state index contributed by atoms with van der Waals surface area (Å²) in [5.74, 6) is 0.0660. The molecule has 0 spiro atoms. The van der Waals surface area contributed by atoms with Crippen molar-refractivity contribution in [2.75, 3.05) is 13.1 Å². The minimum Gasteiger partial charge on any atom is -0.355 e. The molecule has 1 rings (SSSR count). The van der Waals surface area contributed by atoms with E-state index in [0.717, 1.165) is 13.0 Å². The largest absolute Gasteiger partial charge is 0.355 e. The van der Waals surface area contributed by atoms with Crippen molar-refractivity contribution in [3.05, 3.63) is 0 Å². The molecule has 1 fully saturated rings. The summed E-state index contributed by atoms with van der Waals surface area (Å²) in [4.78, 5) is 22.9. The summed E-state index contributed by atoms with van der Waals surface area (Å²) in [6.45, 7) is 5.62. The van der Waals surface area contributed by atoms with Crippen LogP contribution in [0.15, 0.2) is 0 Å². The van der Waals surface area contributed by atoms with E-state index in [1.54, 1.807) is 0 Å².